The Kier molecular flexibility index (Phi) is 7.36. The van der Waals surface area contributed by atoms with Gasteiger partial charge in [-0.2, -0.15) is 4.80 Å². The highest BCUT2D eigenvalue weighted by atomic mass is 35.5. The summed E-state index contributed by atoms with van der Waals surface area (Å²) >= 11 is 5.88. The average Bonchev–Trinajstić information content (AvgIpc) is 3.17. The second-order valence-corrected chi connectivity index (χ2v) is 8.27. The van der Waals surface area contributed by atoms with Crippen molar-refractivity contribution in [3.8, 4) is 5.75 Å². The number of halogens is 1. The van der Waals surface area contributed by atoms with Crippen molar-refractivity contribution in [2.24, 2.45) is 0 Å². The van der Waals surface area contributed by atoms with Crippen molar-refractivity contribution in [2.75, 3.05) is 18.7 Å². The zero-order chi connectivity index (χ0) is 21.5. The fourth-order valence-electron chi connectivity index (χ4n) is 2.68. The quantitative estimate of drug-likeness (QED) is 0.548. The predicted molar refractivity (Wildman–Crippen MR) is 115 cm³/mol. The number of carbonyl (C=O) groups is 1. The lowest BCUT2D eigenvalue weighted by molar-refractivity contribution is 0.248. The van der Waals surface area contributed by atoms with Gasteiger partial charge in [-0.15, -0.1) is 10.2 Å². The van der Waals surface area contributed by atoms with Crippen LogP contribution in [0.1, 0.15) is 17.4 Å². The minimum Gasteiger partial charge on any atom is -0.497 e. The number of hydrogen-bond acceptors (Lipinski definition) is 6. The fourth-order valence-corrected chi connectivity index (χ4v) is 3.24. The van der Waals surface area contributed by atoms with Gasteiger partial charge >= 0.3 is 6.03 Å². The van der Waals surface area contributed by atoms with Crippen LogP contribution in [0.2, 0.25) is 5.02 Å². The molecule has 30 heavy (non-hydrogen) atoms. The number of nitrogens with one attached hydrogen (secondary N) is 2. The summed E-state index contributed by atoms with van der Waals surface area (Å²) in [6.45, 7) is 0. The molecule has 1 heterocycles. The van der Waals surface area contributed by atoms with Gasteiger partial charge in [-0.25, -0.2) is 4.79 Å². The summed E-state index contributed by atoms with van der Waals surface area (Å²) in [5.74, 6) is 1.18. The lowest BCUT2D eigenvalue weighted by Gasteiger charge is -2.16. The molecule has 3 aromatic rings. The molecule has 0 spiro atoms. The molecule has 11 heteroatoms. The second kappa shape index (κ2) is 10.2. The van der Waals surface area contributed by atoms with Crippen molar-refractivity contribution in [3.63, 3.8) is 0 Å². The highest BCUT2D eigenvalue weighted by molar-refractivity contribution is 7.83. The topological polar surface area (TPSA) is 111 Å². The number of methoxy groups -OCH3 is 1. The van der Waals surface area contributed by atoms with E-state index in [1.807, 2.05) is 24.3 Å². The van der Waals surface area contributed by atoms with E-state index in [2.05, 4.69) is 26.0 Å². The third-order valence-corrected chi connectivity index (χ3v) is 4.93. The molecule has 1 aromatic heterocycles. The SMILES string of the molecule is COc1ccc(CC(NC(=O)Nc2ccc(Cl)cc2)c2nnn(CS(C)=O)n2)cc1. The fraction of sp³-hybridized carbons (Fsp3) is 0.263. The Morgan fingerprint density at radius 3 is 2.53 bits per heavy atom. The number of benzene rings is 2. The molecule has 0 radical (unpaired) electrons. The summed E-state index contributed by atoms with van der Waals surface area (Å²) in [6.07, 6.45) is 1.98. The van der Waals surface area contributed by atoms with Crippen LogP contribution < -0.4 is 15.4 Å². The van der Waals surface area contributed by atoms with E-state index in [0.717, 1.165) is 11.3 Å². The van der Waals surface area contributed by atoms with Crippen LogP contribution in [0.15, 0.2) is 48.5 Å². The number of tetrazole rings is 1. The van der Waals surface area contributed by atoms with Crippen LogP contribution in [-0.2, 0) is 23.1 Å². The number of amides is 2. The normalized spacial score (nSPS) is 12.8. The van der Waals surface area contributed by atoms with E-state index >= 15 is 0 Å². The number of nitrogens with zero attached hydrogens (tertiary/aromatic N) is 4. The van der Waals surface area contributed by atoms with Gasteiger partial charge in [0.05, 0.1) is 13.2 Å². The molecule has 2 unspecified atom stereocenters. The minimum absolute atomic E-state index is 0.124. The van der Waals surface area contributed by atoms with Gasteiger partial charge in [0.15, 0.2) is 5.82 Å². The Balaban J connectivity index is 1.76. The highest BCUT2D eigenvalue weighted by Crippen LogP contribution is 2.19. The standard InChI is InChI=1S/C19H21ClN6O3S/c1-29-16-9-3-13(4-10-16)11-17(18-23-25-26(24-18)12-30(2)28)22-19(27)21-15-7-5-14(20)6-8-15/h3-10,17H,11-12H2,1-2H3,(H2,21,22,27). The molecule has 2 aromatic carbocycles. The summed E-state index contributed by atoms with van der Waals surface area (Å²) < 4.78 is 16.6. The van der Waals surface area contributed by atoms with E-state index in [1.54, 1.807) is 37.6 Å². The molecule has 9 nitrogen and oxygen atoms in total. The highest BCUT2D eigenvalue weighted by Gasteiger charge is 2.21. The van der Waals surface area contributed by atoms with Gasteiger partial charge in [0.25, 0.3) is 0 Å². The summed E-state index contributed by atoms with van der Waals surface area (Å²) in [5, 5.41) is 18.4. The van der Waals surface area contributed by atoms with Crippen LogP contribution in [0, 0.1) is 0 Å². The van der Waals surface area contributed by atoms with Crippen molar-refractivity contribution in [1.82, 2.24) is 25.5 Å². The number of hydrogen-bond donors (Lipinski definition) is 2. The Morgan fingerprint density at radius 1 is 1.20 bits per heavy atom. The molecule has 0 aliphatic rings. The van der Waals surface area contributed by atoms with Crippen molar-refractivity contribution in [3.05, 3.63) is 64.9 Å². The maximum Gasteiger partial charge on any atom is 0.319 e. The summed E-state index contributed by atoms with van der Waals surface area (Å²) in [4.78, 5) is 13.8. The number of urea groups is 1. The maximum atomic E-state index is 12.5. The molecule has 0 aliphatic heterocycles. The van der Waals surface area contributed by atoms with E-state index in [9.17, 15) is 9.00 Å². The molecule has 2 N–H and O–H groups in total. The van der Waals surface area contributed by atoms with Gasteiger partial charge in [-0.3, -0.25) is 4.21 Å². The van der Waals surface area contributed by atoms with Crippen LogP contribution in [0.4, 0.5) is 10.5 Å². The second-order valence-electron chi connectivity index (χ2n) is 6.43. The minimum atomic E-state index is -1.12. The van der Waals surface area contributed by atoms with Crippen molar-refractivity contribution in [1.29, 1.82) is 0 Å². The number of ether oxygens (including phenoxy) is 1. The van der Waals surface area contributed by atoms with Gasteiger partial charge in [0, 0.05) is 34.2 Å². The molecule has 3 rings (SSSR count). The first-order valence-electron chi connectivity index (χ1n) is 8.96. The number of aromatic nitrogens is 4. The molecule has 0 fully saturated rings. The molecule has 0 saturated heterocycles. The number of rotatable bonds is 8. The van der Waals surface area contributed by atoms with Gasteiger partial charge in [-0.1, -0.05) is 23.7 Å². The first-order valence-corrected chi connectivity index (χ1v) is 11.1. The average molecular weight is 449 g/mol. The van der Waals surface area contributed by atoms with E-state index < -0.39 is 22.9 Å². The van der Waals surface area contributed by atoms with Crippen molar-refractivity contribution >= 4 is 34.1 Å². The van der Waals surface area contributed by atoms with Gasteiger partial charge in [0.2, 0.25) is 0 Å². The van der Waals surface area contributed by atoms with Crippen molar-refractivity contribution < 1.29 is 13.7 Å². The number of anilines is 1. The monoisotopic (exact) mass is 448 g/mol. The zero-order valence-corrected chi connectivity index (χ0v) is 18.0. The molecular weight excluding hydrogens is 428 g/mol. The largest absolute Gasteiger partial charge is 0.497 e. The van der Waals surface area contributed by atoms with E-state index in [0.29, 0.717) is 23.0 Å². The third kappa shape index (κ3) is 6.26. The molecule has 2 amide bonds. The van der Waals surface area contributed by atoms with Crippen LogP contribution in [-0.4, -0.2) is 43.8 Å². The smallest absolute Gasteiger partial charge is 0.319 e. The van der Waals surface area contributed by atoms with Gasteiger partial charge < -0.3 is 15.4 Å². The Labute approximate surface area is 181 Å². The van der Waals surface area contributed by atoms with Gasteiger partial charge in [0.1, 0.15) is 11.6 Å². The zero-order valence-electron chi connectivity index (χ0n) is 16.4. The van der Waals surface area contributed by atoms with Crippen molar-refractivity contribution in [2.45, 2.75) is 18.3 Å². The first kappa shape index (κ1) is 21.7. The van der Waals surface area contributed by atoms with Crippen LogP contribution in [0.25, 0.3) is 0 Å². The molecule has 0 aliphatic carbocycles. The number of carbonyl (C=O) groups excluding carboxylic acids is 1. The van der Waals surface area contributed by atoms with E-state index in [-0.39, 0.29) is 5.88 Å². The lowest BCUT2D eigenvalue weighted by atomic mass is 10.1. The lowest BCUT2D eigenvalue weighted by Crippen LogP contribution is -2.34. The van der Waals surface area contributed by atoms with Crippen LogP contribution >= 0.6 is 11.6 Å². The molecule has 0 saturated carbocycles. The summed E-state index contributed by atoms with van der Waals surface area (Å²) in [5.41, 5.74) is 1.54. The molecule has 0 bridgehead atoms. The van der Waals surface area contributed by atoms with E-state index in [1.165, 1.54) is 4.80 Å². The molecule has 158 valence electrons. The summed E-state index contributed by atoms with van der Waals surface area (Å²) in [7, 11) is 0.474. The van der Waals surface area contributed by atoms with Gasteiger partial charge in [-0.05, 0) is 47.2 Å². The first-order chi connectivity index (χ1) is 14.4. The Bertz CT molecular complexity index is 1010. The molecular formula is C19H21ClN6O3S. The molecule has 2 atom stereocenters. The van der Waals surface area contributed by atoms with E-state index in [4.69, 9.17) is 16.3 Å². The summed E-state index contributed by atoms with van der Waals surface area (Å²) in [6, 6.07) is 13.3. The van der Waals surface area contributed by atoms with Crippen LogP contribution in [0.5, 0.6) is 5.75 Å². The predicted octanol–water partition coefficient (Wildman–Crippen LogP) is 2.78. The Hall–Kier alpha value is -2.98. The maximum absolute atomic E-state index is 12.5. The third-order valence-electron chi connectivity index (χ3n) is 4.08. The Morgan fingerprint density at radius 2 is 1.90 bits per heavy atom. The van der Waals surface area contributed by atoms with Crippen LogP contribution in [0.3, 0.4) is 0 Å².